The maximum absolute atomic E-state index is 12.4. The Balaban J connectivity index is 1.47. The van der Waals surface area contributed by atoms with Crippen LogP contribution in [0.4, 0.5) is 5.13 Å². The minimum Gasteiger partial charge on any atom is -0.454 e. The second kappa shape index (κ2) is 6.54. The summed E-state index contributed by atoms with van der Waals surface area (Å²) in [4.78, 5) is 16.9. The van der Waals surface area contributed by atoms with Gasteiger partial charge in [0.05, 0.1) is 10.2 Å². The van der Waals surface area contributed by atoms with Gasteiger partial charge in [-0.1, -0.05) is 17.4 Å². The predicted octanol–water partition coefficient (Wildman–Crippen LogP) is 3.77. The van der Waals surface area contributed by atoms with E-state index in [0.29, 0.717) is 22.2 Å². The van der Waals surface area contributed by atoms with Crippen LogP contribution in [0.25, 0.3) is 10.2 Å². The first-order valence-corrected chi connectivity index (χ1v) is 9.12. The summed E-state index contributed by atoms with van der Waals surface area (Å²) in [6.07, 6.45) is 0. The number of hydrogen-bond donors (Lipinski definition) is 2. The third kappa shape index (κ3) is 3.21. The van der Waals surface area contributed by atoms with Crippen LogP contribution in [0.2, 0.25) is 0 Å². The number of nitrogens with zero attached hydrogens (tertiary/aromatic N) is 1. The molecule has 26 heavy (non-hydrogen) atoms. The molecule has 0 saturated heterocycles. The SMILES string of the molecule is Cc1cc(C)c2nc(NC(=S)NC(=O)c3ccc4c(c3)OCO4)sc2c1. The van der Waals surface area contributed by atoms with E-state index in [1.807, 2.05) is 6.92 Å². The van der Waals surface area contributed by atoms with Crippen molar-refractivity contribution in [3.05, 3.63) is 47.0 Å². The number of fused-ring (bicyclic) bond motifs is 2. The van der Waals surface area contributed by atoms with E-state index < -0.39 is 0 Å². The van der Waals surface area contributed by atoms with Gasteiger partial charge in [-0.15, -0.1) is 0 Å². The van der Waals surface area contributed by atoms with Gasteiger partial charge in [-0.05, 0) is 61.5 Å². The summed E-state index contributed by atoms with van der Waals surface area (Å²) in [5.74, 6) is 0.852. The molecule has 0 fully saturated rings. The molecule has 0 spiro atoms. The first kappa shape index (κ1) is 16.7. The molecule has 0 aliphatic carbocycles. The molecule has 0 radical (unpaired) electrons. The lowest BCUT2D eigenvalue weighted by atomic mass is 10.1. The van der Waals surface area contributed by atoms with Crippen LogP contribution >= 0.6 is 23.6 Å². The van der Waals surface area contributed by atoms with Crippen LogP contribution in [0.15, 0.2) is 30.3 Å². The van der Waals surface area contributed by atoms with E-state index in [1.165, 1.54) is 16.9 Å². The Bertz CT molecular complexity index is 1050. The van der Waals surface area contributed by atoms with Crippen molar-refractivity contribution in [2.75, 3.05) is 12.1 Å². The van der Waals surface area contributed by atoms with Crippen molar-refractivity contribution in [1.29, 1.82) is 0 Å². The summed E-state index contributed by atoms with van der Waals surface area (Å²) < 4.78 is 11.6. The average molecular weight is 385 g/mol. The first-order chi connectivity index (χ1) is 12.5. The van der Waals surface area contributed by atoms with E-state index in [-0.39, 0.29) is 17.8 Å². The number of anilines is 1. The summed E-state index contributed by atoms with van der Waals surface area (Å²) in [6, 6.07) is 9.16. The zero-order valence-electron chi connectivity index (χ0n) is 14.1. The van der Waals surface area contributed by atoms with Gasteiger partial charge in [-0.25, -0.2) is 4.98 Å². The molecule has 8 heteroatoms. The summed E-state index contributed by atoms with van der Waals surface area (Å²) in [7, 11) is 0. The van der Waals surface area contributed by atoms with Crippen molar-refractivity contribution in [3.63, 3.8) is 0 Å². The number of aryl methyl sites for hydroxylation is 2. The Morgan fingerprint density at radius 3 is 2.85 bits per heavy atom. The number of carbonyl (C=O) groups excluding carboxylic acids is 1. The first-order valence-electron chi connectivity index (χ1n) is 7.89. The number of thiazole rings is 1. The van der Waals surface area contributed by atoms with Crippen molar-refractivity contribution in [2.45, 2.75) is 13.8 Å². The highest BCUT2D eigenvalue weighted by Gasteiger charge is 2.17. The fraction of sp³-hybridized carbons (Fsp3) is 0.167. The molecule has 132 valence electrons. The van der Waals surface area contributed by atoms with E-state index in [9.17, 15) is 4.79 Å². The molecular weight excluding hydrogens is 370 g/mol. The lowest BCUT2D eigenvalue weighted by Crippen LogP contribution is -2.34. The van der Waals surface area contributed by atoms with Crippen LogP contribution in [0.1, 0.15) is 21.5 Å². The van der Waals surface area contributed by atoms with Crippen LogP contribution in [-0.4, -0.2) is 22.8 Å². The fourth-order valence-corrected chi connectivity index (χ4v) is 4.07. The summed E-state index contributed by atoms with van der Waals surface area (Å²) in [5.41, 5.74) is 3.67. The van der Waals surface area contributed by atoms with Gasteiger partial charge in [-0.2, -0.15) is 0 Å². The third-order valence-electron chi connectivity index (χ3n) is 3.91. The third-order valence-corrected chi connectivity index (χ3v) is 5.03. The number of hydrogen-bond acceptors (Lipinski definition) is 6. The van der Waals surface area contributed by atoms with Gasteiger partial charge in [0.15, 0.2) is 21.7 Å². The number of nitrogens with one attached hydrogen (secondary N) is 2. The van der Waals surface area contributed by atoms with Gasteiger partial charge in [0.1, 0.15) is 0 Å². The van der Waals surface area contributed by atoms with E-state index in [1.54, 1.807) is 18.2 Å². The number of carbonyl (C=O) groups is 1. The Kier molecular flexibility index (Phi) is 4.21. The Morgan fingerprint density at radius 1 is 1.19 bits per heavy atom. The number of amides is 1. The van der Waals surface area contributed by atoms with Crippen LogP contribution in [0, 0.1) is 13.8 Å². The molecule has 0 saturated carbocycles. The summed E-state index contributed by atoms with van der Waals surface area (Å²) in [6.45, 7) is 4.24. The molecule has 2 aromatic carbocycles. The quantitative estimate of drug-likeness (QED) is 0.655. The zero-order valence-corrected chi connectivity index (χ0v) is 15.7. The molecule has 1 aliphatic heterocycles. The largest absolute Gasteiger partial charge is 0.454 e. The Morgan fingerprint density at radius 2 is 2.00 bits per heavy atom. The Labute approximate surface area is 159 Å². The van der Waals surface area contributed by atoms with Crippen molar-refractivity contribution < 1.29 is 14.3 Å². The standard InChI is InChI=1S/C18H15N3O3S2/c1-9-5-10(2)15-14(6-9)26-18(19-15)21-17(25)20-16(22)11-3-4-12-13(7-11)24-8-23-12/h3-7H,8H2,1-2H3,(H2,19,20,21,22,25). The van der Waals surface area contributed by atoms with E-state index in [4.69, 9.17) is 21.7 Å². The predicted molar refractivity (Wildman–Crippen MR) is 105 cm³/mol. The van der Waals surface area contributed by atoms with Crippen molar-refractivity contribution in [3.8, 4) is 11.5 Å². The normalized spacial score (nSPS) is 12.2. The smallest absolute Gasteiger partial charge is 0.257 e. The number of aromatic nitrogens is 1. The van der Waals surface area contributed by atoms with E-state index >= 15 is 0 Å². The minimum absolute atomic E-state index is 0.164. The molecule has 6 nitrogen and oxygen atoms in total. The van der Waals surface area contributed by atoms with Crippen LogP contribution in [-0.2, 0) is 0 Å². The second-order valence-corrected chi connectivity index (χ2v) is 7.36. The van der Waals surface area contributed by atoms with Crippen LogP contribution < -0.4 is 20.1 Å². The molecule has 4 rings (SSSR count). The van der Waals surface area contributed by atoms with Crippen molar-refractivity contribution >= 4 is 49.9 Å². The highest BCUT2D eigenvalue weighted by atomic mass is 32.1. The van der Waals surface area contributed by atoms with Crippen LogP contribution in [0.3, 0.4) is 0 Å². The van der Waals surface area contributed by atoms with Gasteiger partial charge < -0.3 is 14.8 Å². The summed E-state index contributed by atoms with van der Waals surface area (Å²) in [5, 5.41) is 6.48. The Hall–Kier alpha value is -2.71. The molecule has 0 unspecified atom stereocenters. The van der Waals surface area contributed by atoms with Gasteiger partial charge in [0, 0.05) is 5.56 Å². The molecule has 0 bridgehead atoms. The van der Waals surface area contributed by atoms with Gasteiger partial charge in [-0.3, -0.25) is 10.1 Å². The second-order valence-electron chi connectivity index (χ2n) is 5.92. The lowest BCUT2D eigenvalue weighted by Gasteiger charge is -2.07. The van der Waals surface area contributed by atoms with E-state index in [2.05, 4.69) is 34.7 Å². The maximum atomic E-state index is 12.4. The molecular formula is C18H15N3O3S2. The molecule has 0 atom stereocenters. The van der Waals surface area contributed by atoms with Crippen molar-refractivity contribution in [1.82, 2.24) is 10.3 Å². The fourth-order valence-electron chi connectivity index (χ4n) is 2.77. The molecule has 1 aromatic heterocycles. The number of ether oxygens (including phenoxy) is 2. The molecule has 2 heterocycles. The maximum Gasteiger partial charge on any atom is 0.257 e. The number of benzene rings is 2. The molecule has 2 N–H and O–H groups in total. The number of rotatable bonds is 2. The highest BCUT2D eigenvalue weighted by molar-refractivity contribution is 7.80. The molecule has 3 aromatic rings. The monoisotopic (exact) mass is 385 g/mol. The zero-order chi connectivity index (χ0) is 18.3. The van der Waals surface area contributed by atoms with Gasteiger partial charge >= 0.3 is 0 Å². The molecule has 1 aliphatic rings. The van der Waals surface area contributed by atoms with Gasteiger partial charge in [0.2, 0.25) is 6.79 Å². The lowest BCUT2D eigenvalue weighted by molar-refractivity contribution is 0.0977. The van der Waals surface area contributed by atoms with Crippen molar-refractivity contribution in [2.24, 2.45) is 0 Å². The van der Waals surface area contributed by atoms with Crippen LogP contribution in [0.5, 0.6) is 11.5 Å². The van der Waals surface area contributed by atoms with Gasteiger partial charge in [0.25, 0.3) is 5.91 Å². The highest BCUT2D eigenvalue weighted by Crippen LogP contribution is 2.32. The topological polar surface area (TPSA) is 72.5 Å². The number of thiocarbonyl (C=S) groups is 1. The molecule has 1 amide bonds. The minimum atomic E-state index is -0.325. The summed E-state index contributed by atoms with van der Waals surface area (Å²) >= 11 is 6.74. The average Bonchev–Trinajstić information content (AvgIpc) is 3.20. The van der Waals surface area contributed by atoms with E-state index in [0.717, 1.165) is 15.8 Å².